The first-order valence-corrected chi connectivity index (χ1v) is 5.52. The largest absolute Gasteiger partial charge is 0.313 e. The van der Waals surface area contributed by atoms with Crippen LogP contribution in [0.15, 0.2) is 6.20 Å². The molecule has 0 aliphatic carbocycles. The molecule has 0 bridgehead atoms. The first-order chi connectivity index (χ1) is 7.15. The molecule has 0 radical (unpaired) electrons. The summed E-state index contributed by atoms with van der Waals surface area (Å²) in [5.74, 6) is 0. The number of nitrogens with one attached hydrogen (secondary N) is 1. The molecule has 4 nitrogen and oxygen atoms in total. The van der Waals surface area contributed by atoms with Gasteiger partial charge in [-0.05, 0) is 27.6 Å². The molecule has 0 atom stereocenters. The Labute approximate surface area is 92.3 Å². The van der Waals surface area contributed by atoms with E-state index in [0.717, 1.165) is 26.2 Å². The standard InChI is InChI=1S/C11H22N4/c1-5-12-8-11-9-13-15(10(11)2)7-6-14(3)4/h9,12H,5-8H2,1-4H3. The van der Waals surface area contributed by atoms with E-state index in [0.29, 0.717) is 0 Å². The van der Waals surface area contributed by atoms with E-state index < -0.39 is 0 Å². The minimum absolute atomic E-state index is 0.921. The summed E-state index contributed by atoms with van der Waals surface area (Å²) in [5.41, 5.74) is 2.58. The Hall–Kier alpha value is -0.870. The maximum Gasteiger partial charge on any atom is 0.0539 e. The van der Waals surface area contributed by atoms with E-state index in [1.165, 1.54) is 11.3 Å². The molecule has 0 unspecified atom stereocenters. The molecule has 1 N–H and O–H groups in total. The van der Waals surface area contributed by atoms with Crippen molar-refractivity contribution in [2.24, 2.45) is 0 Å². The summed E-state index contributed by atoms with van der Waals surface area (Å²) in [6, 6.07) is 0. The predicted octanol–water partition coefficient (Wildman–Crippen LogP) is 0.863. The van der Waals surface area contributed by atoms with E-state index >= 15 is 0 Å². The molecule has 86 valence electrons. The number of hydrogen-bond acceptors (Lipinski definition) is 3. The van der Waals surface area contributed by atoms with Gasteiger partial charge in [0.1, 0.15) is 0 Å². The van der Waals surface area contributed by atoms with Gasteiger partial charge in [-0.25, -0.2) is 0 Å². The van der Waals surface area contributed by atoms with Gasteiger partial charge in [0, 0.05) is 24.3 Å². The minimum atomic E-state index is 0.921. The van der Waals surface area contributed by atoms with Gasteiger partial charge in [0.15, 0.2) is 0 Å². The molecule has 1 rings (SSSR count). The van der Waals surface area contributed by atoms with Gasteiger partial charge in [-0.3, -0.25) is 4.68 Å². The fourth-order valence-corrected chi connectivity index (χ4v) is 1.44. The van der Waals surface area contributed by atoms with Gasteiger partial charge < -0.3 is 10.2 Å². The summed E-state index contributed by atoms with van der Waals surface area (Å²) in [7, 11) is 4.16. The Morgan fingerprint density at radius 2 is 2.20 bits per heavy atom. The highest BCUT2D eigenvalue weighted by Gasteiger charge is 2.05. The van der Waals surface area contributed by atoms with Gasteiger partial charge in [-0.15, -0.1) is 0 Å². The zero-order chi connectivity index (χ0) is 11.3. The van der Waals surface area contributed by atoms with Crippen LogP contribution in [0.25, 0.3) is 0 Å². The molecule has 0 saturated heterocycles. The smallest absolute Gasteiger partial charge is 0.0539 e. The van der Waals surface area contributed by atoms with Crippen LogP contribution in [0.2, 0.25) is 0 Å². The second kappa shape index (κ2) is 5.88. The van der Waals surface area contributed by atoms with E-state index in [2.05, 4.69) is 47.9 Å². The van der Waals surface area contributed by atoms with Gasteiger partial charge in [0.25, 0.3) is 0 Å². The van der Waals surface area contributed by atoms with Crippen molar-refractivity contribution in [3.8, 4) is 0 Å². The number of aromatic nitrogens is 2. The minimum Gasteiger partial charge on any atom is -0.313 e. The fourth-order valence-electron chi connectivity index (χ4n) is 1.44. The summed E-state index contributed by atoms with van der Waals surface area (Å²) in [5, 5.41) is 7.71. The molecule has 0 aromatic carbocycles. The van der Waals surface area contributed by atoms with Gasteiger partial charge >= 0.3 is 0 Å². The first kappa shape index (κ1) is 12.2. The number of nitrogens with zero attached hydrogens (tertiary/aromatic N) is 3. The van der Waals surface area contributed by atoms with Crippen LogP contribution in [-0.4, -0.2) is 41.9 Å². The predicted molar refractivity (Wildman–Crippen MR) is 62.9 cm³/mol. The van der Waals surface area contributed by atoms with Gasteiger partial charge in [0.2, 0.25) is 0 Å². The van der Waals surface area contributed by atoms with Crippen LogP contribution in [0.1, 0.15) is 18.2 Å². The maximum absolute atomic E-state index is 4.39. The average Bonchev–Trinajstić information content (AvgIpc) is 2.54. The third-order valence-corrected chi connectivity index (χ3v) is 2.53. The second-order valence-corrected chi connectivity index (χ2v) is 4.06. The molecule has 1 heterocycles. The number of hydrogen-bond donors (Lipinski definition) is 1. The summed E-state index contributed by atoms with van der Waals surface area (Å²) in [6.07, 6.45) is 1.97. The maximum atomic E-state index is 4.39. The Morgan fingerprint density at radius 3 is 2.80 bits per heavy atom. The molecule has 0 fully saturated rings. The topological polar surface area (TPSA) is 33.1 Å². The van der Waals surface area contributed by atoms with E-state index in [1.54, 1.807) is 0 Å². The van der Waals surface area contributed by atoms with Crippen molar-refractivity contribution in [1.29, 1.82) is 0 Å². The molecule has 1 aromatic rings. The summed E-state index contributed by atoms with van der Waals surface area (Å²) >= 11 is 0. The molecular weight excluding hydrogens is 188 g/mol. The molecule has 0 aliphatic rings. The number of rotatable bonds is 6. The molecule has 1 aromatic heterocycles. The third kappa shape index (κ3) is 3.64. The third-order valence-electron chi connectivity index (χ3n) is 2.53. The molecule has 15 heavy (non-hydrogen) atoms. The van der Waals surface area contributed by atoms with Crippen LogP contribution in [0.5, 0.6) is 0 Å². The zero-order valence-electron chi connectivity index (χ0n) is 10.2. The zero-order valence-corrected chi connectivity index (χ0v) is 10.2. The van der Waals surface area contributed by atoms with Crippen LogP contribution in [-0.2, 0) is 13.1 Å². The van der Waals surface area contributed by atoms with E-state index in [-0.39, 0.29) is 0 Å². The highest BCUT2D eigenvalue weighted by atomic mass is 15.3. The van der Waals surface area contributed by atoms with Crippen LogP contribution < -0.4 is 5.32 Å². The van der Waals surface area contributed by atoms with Crippen molar-refractivity contribution in [3.05, 3.63) is 17.5 Å². The van der Waals surface area contributed by atoms with Crippen molar-refractivity contribution >= 4 is 0 Å². The molecule has 0 saturated carbocycles. The highest BCUT2D eigenvalue weighted by molar-refractivity contribution is 5.15. The average molecular weight is 210 g/mol. The van der Waals surface area contributed by atoms with Crippen molar-refractivity contribution in [2.75, 3.05) is 27.2 Å². The first-order valence-electron chi connectivity index (χ1n) is 5.52. The Balaban J connectivity index is 2.54. The molecular formula is C11H22N4. The quantitative estimate of drug-likeness (QED) is 0.756. The molecule has 0 aliphatic heterocycles. The summed E-state index contributed by atoms with van der Waals surface area (Å²) in [6.45, 7) is 8.17. The van der Waals surface area contributed by atoms with E-state index in [1.807, 2.05) is 6.20 Å². The van der Waals surface area contributed by atoms with E-state index in [4.69, 9.17) is 0 Å². The van der Waals surface area contributed by atoms with Crippen molar-refractivity contribution < 1.29 is 0 Å². The van der Waals surface area contributed by atoms with Crippen LogP contribution in [0.4, 0.5) is 0 Å². The molecule has 4 heteroatoms. The van der Waals surface area contributed by atoms with Crippen molar-refractivity contribution in [1.82, 2.24) is 20.0 Å². The Kier molecular flexibility index (Phi) is 4.78. The van der Waals surface area contributed by atoms with Crippen molar-refractivity contribution in [3.63, 3.8) is 0 Å². The summed E-state index contributed by atoms with van der Waals surface area (Å²) in [4.78, 5) is 2.17. The summed E-state index contributed by atoms with van der Waals surface area (Å²) < 4.78 is 2.08. The lowest BCUT2D eigenvalue weighted by Crippen LogP contribution is -2.20. The SMILES string of the molecule is CCNCc1cnn(CCN(C)C)c1C. The monoisotopic (exact) mass is 210 g/mol. The Bertz CT molecular complexity index is 291. The van der Waals surface area contributed by atoms with Gasteiger partial charge in [-0.2, -0.15) is 5.10 Å². The Morgan fingerprint density at radius 1 is 1.47 bits per heavy atom. The fraction of sp³-hybridized carbons (Fsp3) is 0.727. The van der Waals surface area contributed by atoms with Crippen LogP contribution in [0, 0.1) is 6.92 Å². The lowest BCUT2D eigenvalue weighted by atomic mass is 10.2. The molecule has 0 amide bonds. The van der Waals surface area contributed by atoms with Crippen LogP contribution in [0.3, 0.4) is 0 Å². The highest BCUT2D eigenvalue weighted by Crippen LogP contribution is 2.06. The van der Waals surface area contributed by atoms with E-state index in [9.17, 15) is 0 Å². The second-order valence-electron chi connectivity index (χ2n) is 4.06. The molecule has 0 spiro atoms. The number of likely N-dealkylation sites (N-methyl/N-ethyl adjacent to an activating group) is 1. The lowest BCUT2D eigenvalue weighted by molar-refractivity contribution is 0.370. The lowest BCUT2D eigenvalue weighted by Gasteiger charge is -2.10. The van der Waals surface area contributed by atoms with Gasteiger partial charge in [0.05, 0.1) is 12.7 Å². The van der Waals surface area contributed by atoms with Crippen LogP contribution >= 0.6 is 0 Å². The normalized spacial score (nSPS) is 11.3. The van der Waals surface area contributed by atoms with Crippen molar-refractivity contribution in [2.45, 2.75) is 26.9 Å². The van der Waals surface area contributed by atoms with Gasteiger partial charge in [-0.1, -0.05) is 6.92 Å².